The summed E-state index contributed by atoms with van der Waals surface area (Å²) in [6, 6.07) is 4.67. The molecule has 1 aromatic carbocycles. The molecule has 2 N–H and O–H groups in total. The summed E-state index contributed by atoms with van der Waals surface area (Å²) in [5.41, 5.74) is 0.285. The zero-order valence-electron chi connectivity index (χ0n) is 11.1. The molecule has 0 aliphatic heterocycles. The number of carbonyl (C=O) groups excluding carboxylic acids is 1. The molecular weight excluding hydrogens is 357 g/mol. The van der Waals surface area contributed by atoms with E-state index in [0.717, 1.165) is 12.8 Å². The van der Waals surface area contributed by atoms with Crippen molar-refractivity contribution in [3.05, 3.63) is 23.8 Å². The van der Waals surface area contributed by atoms with E-state index in [4.69, 9.17) is 4.74 Å². The Bertz CT molecular complexity index is 410. The van der Waals surface area contributed by atoms with Gasteiger partial charge in [-0.2, -0.15) is 0 Å². The largest absolute Gasteiger partial charge is 0.507 e. The van der Waals surface area contributed by atoms with Crippen molar-refractivity contribution in [1.82, 2.24) is 5.32 Å². The van der Waals surface area contributed by atoms with Crippen LogP contribution in [0.15, 0.2) is 18.2 Å². The number of hydrogen-bond donors (Lipinski definition) is 2. The third kappa shape index (κ3) is 5.67. The zero-order chi connectivity index (χ0) is 14.1. The minimum absolute atomic E-state index is 0.0539. The van der Waals surface area contributed by atoms with Crippen LogP contribution in [-0.2, 0) is 0 Å². The number of ether oxygens (including phenoxy) is 1. The van der Waals surface area contributed by atoms with Crippen LogP contribution in [0.2, 0.25) is 0 Å². The lowest BCUT2D eigenvalue weighted by Crippen LogP contribution is -2.24. The minimum Gasteiger partial charge on any atom is -0.507 e. The molecule has 0 aromatic heterocycles. The van der Waals surface area contributed by atoms with Gasteiger partial charge in [0.1, 0.15) is 11.5 Å². The van der Waals surface area contributed by atoms with E-state index in [1.165, 1.54) is 30.4 Å². The van der Waals surface area contributed by atoms with Gasteiger partial charge in [-0.1, -0.05) is 35.4 Å². The van der Waals surface area contributed by atoms with Gasteiger partial charge >= 0.3 is 0 Å². The van der Waals surface area contributed by atoms with Gasteiger partial charge in [-0.05, 0) is 29.4 Å². The van der Waals surface area contributed by atoms with Crippen LogP contribution in [-0.4, -0.2) is 29.1 Å². The third-order valence-electron chi connectivity index (χ3n) is 2.80. The van der Waals surface area contributed by atoms with Gasteiger partial charge in [0.2, 0.25) is 0 Å². The molecule has 0 unspecified atom stereocenters. The Labute approximate surface area is 127 Å². The second-order valence-electron chi connectivity index (χ2n) is 4.24. The number of nitrogens with one attached hydrogen (secondary N) is 1. The van der Waals surface area contributed by atoms with Gasteiger partial charge in [-0.3, -0.25) is 4.79 Å². The molecule has 19 heavy (non-hydrogen) atoms. The number of methoxy groups -OCH3 is 1. The number of aromatic hydroxyl groups is 1. The van der Waals surface area contributed by atoms with Crippen LogP contribution in [0.4, 0.5) is 0 Å². The van der Waals surface area contributed by atoms with Crippen molar-refractivity contribution in [3.8, 4) is 11.5 Å². The van der Waals surface area contributed by atoms with Crippen molar-refractivity contribution in [3.63, 3.8) is 0 Å². The van der Waals surface area contributed by atoms with Crippen LogP contribution in [0.1, 0.15) is 36.0 Å². The van der Waals surface area contributed by atoms with Gasteiger partial charge in [0.25, 0.3) is 5.91 Å². The lowest BCUT2D eigenvalue weighted by Gasteiger charge is -2.08. The Balaban J connectivity index is 2.37. The summed E-state index contributed by atoms with van der Waals surface area (Å²) in [6.45, 7) is 0.644. The summed E-state index contributed by atoms with van der Waals surface area (Å²) < 4.78 is 6.16. The molecule has 0 radical (unpaired) electrons. The fraction of sp³-hybridized carbons (Fsp3) is 0.500. The molecule has 1 aromatic rings. The number of phenolic OH excluding ortho intramolecular Hbond substituents is 1. The van der Waals surface area contributed by atoms with Gasteiger partial charge in [-0.25, -0.2) is 0 Å². The van der Waals surface area contributed by atoms with E-state index in [2.05, 4.69) is 27.9 Å². The first-order valence-electron chi connectivity index (χ1n) is 6.40. The molecule has 4 nitrogen and oxygen atoms in total. The minimum atomic E-state index is -0.242. The average Bonchev–Trinajstić information content (AvgIpc) is 2.42. The quantitative estimate of drug-likeness (QED) is 0.416. The molecule has 106 valence electrons. The van der Waals surface area contributed by atoms with Crippen LogP contribution in [0.3, 0.4) is 0 Å². The maximum Gasteiger partial charge on any atom is 0.255 e. The molecule has 0 saturated heterocycles. The predicted molar refractivity (Wildman–Crippen MR) is 84.3 cm³/mol. The van der Waals surface area contributed by atoms with Crippen molar-refractivity contribution in [2.24, 2.45) is 0 Å². The highest BCUT2D eigenvalue weighted by Crippen LogP contribution is 2.23. The Morgan fingerprint density at radius 3 is 2.68 bits per heavy atom. The van der Waals surface area contributed by atoms with Gasteiger partial charge < -0.3 is 15.2 Å². The van der Waals surface area contributed by atoms with Crippen LogP contribution in [0.25, 0.3) is 0 Å². The summed E-state index contributed by atoms with van der Waals surface area (Å²) in [7, 11) is 1.52. The third-order valence-corrected chi connectivity index (χ3v) is 3.56. The highest BCUT2D eigenvalue weighted by atomic mass is 127. The average molecular weight is 377 g/mol. The molecule has 0 aliphatic rings. The highest BCUT2D eigenvalue weighted by Gasteiger charge is 2.11. The smallest absolute Gasteiger partial charge is 0.255 e. The van der Waals surface area contributed by atoms with E-state index < -0.39 is 0 Å². The number of amides is 1. The van der Waals surface area contributed by atoms with E-state index in [9.17, 15) is 9.90 Å². The second-order valence-corrected chi connectivity index (χ2v) is 5.32. The standard InChI is InChI=1S/C14H20INO3/c1-19-11-6-7-12(13(17)10-11)14(18)16-9-5-3-2-4-8-15/h6-7,10,17H,2-5,8-9H2,1H3,(H,16,18). The van der Waals surface area contributed by atoms with Crippen molar-refractivity contribution >= 4 is 28.5 Å². The molecule has 0 spiro atoms. The summed E-state index contributed by atoms with van der Waals surface area (Å²) in [4.78, 5) is 11.8. The number of benzene rings is 1. The van der Waals surface area contributed by atoms with E-state index in [1.54, 1.807) is 12.1 Å². The van der Waals surface area contributed by atoms with Crippen LogP contribution in [0, 0.1) is 0 Å². The molecular formula is C14H20INO3. The van der Waals surface area contributed by atoms with Crippen molar-refractivity contribution in [2.45, 2.75) is 25.7 Å². The summed E-state index contributed by atoms with van der Waals surface area (Å²) in [5.74, 6) is 0.239. The van der Waals surface area contributed by atoms with E-state index >= 15 is 0 Å². The maximum atomic E-state index is 11.8. The second kappa shape index (κ2) is 9.01. The van der Waals surface area contributed by atoms with E-state index in [0.29, 0.717) is 12.3 Å². The number of carbonyl (C=O) groups is 1. The normalized spacial score (nSPS) is 10.2. The molecule has 0 bridgehead atoms. The van der Waals surface area contributed by atoms with Gasteiger partial charge in [0.05, 0.1) is 12.7 Å². The fourth-order valence-electron chi connectivity index (χ4n) is 1.70. The van der Waals surface area contributed by atoms with Gasteiger partial charge in [0.15, 0.2) is 0 Å². The zero-order valence-corrected chi connectivity index (χ0v) is 13.3. The molecule has 1 amide bonds. The van der Waals surface area contributed by atoms with E-state index in [-0.39, 0.29) is 17.2 Å². The summed E-state index contributed by atoms with van der Waals surface area (Å²) >= 11 is 2.37. The summed E-state index contributed by atoms with van der Waals surface area (Å²) in [5, 5.41) is 12.5. The van der Waals surface area contributed by atoms with Gasteiger partial charge in [-0.15, -0.1) is 0 Å². The van der Waals surface area contributed by atoms with Crippen molar-refractivity contribution in [1.29, 1.82) is 0 Å². The van der Waals surface area contributed by atoms with Crippen molar-refractivity contribution < 1.29 is 14.6 Å². The van der Waals surface area contributed by atoms with E-state index in [1.807, 2.05) is 0 Å². The van der Waals surface area contributed by atoms with Crippen LogP contribution < -0.4 is 10.1 Å². The van der Waals surface area contributed by atoms with Crippen molar-refractivity contribution in [2.75, 3.05) is 18.1 Å². The van der Waals surface area contributed by atoms with Crippen LogP contribution >= 0.6 is 22.6 Å². The topological polar surface area (TPSA) is 58.6 Å². The molecule has 0 saturated carbocycles. The molecule has 1 rings (SSSR count). The number of rotatable bonds is 8. The number of alkyl halides is 1. The first kappa shape index (κ1) is 16.1. The number of halogens is 1. The first-order valence-corrected chi connectivity index (χ1v) is 7.92. The molecule has 5 heteroatoms. The Hall–Kier alpha value is -0.980. The van der Waals surface area contributed by atoms with Crippen LogP contribution in [0.5, 0.6) is 11.5 Å². The Kier molecular flexibility index (Phi) is 7.62. The summed E-state index contributed by atoms with van der Waals surface area (Å²) in [6.07, 6.45) is 4.53. The Morgan fingerprint density at radius 1 is 1.32 bits per heavy atom. The first-order chi connectivity index (χ1) is 9.19. The highest BCUT2D eigenvalue weighted by molar-refractivity contribution is 14.1. The SMILES string of the molecule is COc1ccc(C(=O)NCCCCCCI)c(O)c1. The molecule has 0 fully saturated rings. The lowest BCUT2D eigenvalue weighted by atomic mass is 10.1. The Morgan fingerprint density at radius 2 is 2.05 bits per heavy atom. The molecule has 0 aliphatic carbocycles. The molecule has 0 atom stereocenters. The number of phenols is 1. The fourth-order valence-corrected chi connectivity index (χ4v) is 2.24. The monoisotopic (exact) mass is 377 g/mol. The predicted octanol–water partition coefficient (Wildman–Crippen LogP) is 3.13. The number of hydrogen-bond acceptors (Lipinski definition) is 3. The lowest BCUT2D eigenvalue weighted by molar-refractivity contribution is 0.0950. The number of unbranched alkanes of at least 4 members (excludes halogenated alkanes) is 3. The molecule has 0 heterocycles. The van der Waals surface area contributed by atoms with Gasteiger partial charge in [0, 0.05) is 12.6 Å². The maximum absolute atomic E-state index is 11.8.